The zero-order valence-electron chi connectivity index (χ0n) is 10.7. The largest absolute Gasteiger partial charge is 0.478 e. The van der Waals surface area contributed by atoms with Crippen molar-refractivity contribution in [3.63, 3.8) is 0 Å². The molecule has 0 fully saturated rings. The number of nitrogens with zero attached hydrogens (tertiary/aromatic N) is 1. The lowest BCUT2D eigenvalue weighted by molar-refractivity contribution is 0.0698. The van der Waals surface area contributed by atoms with Crippen LogP contribution in [0.5, 0.6) is 0 Å². The molecule has 2 heterocycles. The van der Waals surface area contributed by atoms with Gasteiger partial charge >= 0.3 is 11.7 Å². The quantitative estimate of drug-likeness (QED) is 0.777. The summed E-state index contributed by atoms with van der Waals surface area (Å²) in [4.78, 5) is 26.1. The molecule has 0 aliphatic heterocycles. The number of benzene rings is 1. The van der Waals surface area contributed by atoms with Gasteiger partial charge in [-0.2, -0.15) is 11.3 Å². The number of aromatic amines is 1. The molecule has 0 aliphatic carbocycles. The Kier molecular flexibility index (Phi) is 2.94. The Morgan fingerprint density at radius 2 is 2.20 bits per heavy atom. The highest BCUT2D eigenvalue weighted by Gasteiger charge is 2.16. The van der Waals surface area contributed by atoms with Crippen molar-refractivity contribution < 1.29 is 9.90 Å². The van der Waals surface area contributed by atoms with Gasteiger partial charge in [-0.05, 0) is 40.9 Å². The summed E-state index contributed by atoms with van der Waals surface area (Å²) in [6.45, 7) is 2.35. The van der Waals surface area contributed by atoms with Gasteiger partial charge in [-0.25, -0.2) is 9.59 Å². The maximum atomic E-state index is 12.1. The Morgan fingerprint density at radius 3 is 2.85 bits per heavy atom. The van der Waals surface area contributed by atoms with Crippen LogP contribution in [0.25, 0.3) is 11.0 Å². The highest BCUT2D eigenvalue weighted by molar-refractivity contribution is 7.08. The van der Waals surface area contributed by atoms with E-state index < -0.39 is 5.97 Å². The molecule has 0 aliphatic rings. The number of aromatic nitrogens is 2. The molecule has 0 bridgehead atoms. The second kappa shape index (κ2) is 4.64. The molecule has 5 nitrogen and oxygen atoms in total. The first kappa shape index (κ1) is 12.7. The molecule has 2 aromatic heterocycles. The number of aromatic carboxylic acids is 1. The van der Waals surface area contributed by atoms with E-state index in [1.165, 1.54) is 10.6 Å². The van der Waals surface area contributed by atoms with Gasteiger partial charge in [0.25, 0.3) is 0 Å². The van der Waals surface area contributed by atoms with E-state index in [0.717, 1.165) is 11.1 Å². The first-order chi connectivity index (χ1) is 9.58. The number of carbonyl (C=O) groups is 1. The molecular formula is C14H12N2O3S. The highest BCUT2D eigenvalue weighted by atomic mass is 32.1. The normalized spacial score (nSPS) is 11.1. The predicted octanol–water partition coefficient (Wildman–Crippen LogP) is 2.45. The fourth-order valence-corrected chi connectivity index (χ4v) is 3.11. The number of hydrogen-bond acceptors (Lipinski definition) is 3. The van der Waals surface area contributed by atoms with E-state index in [1.807, 2.05) is 17.7 Å². The number of para-hydroxylation sites is 1. The minimum absolute atomic E-state index is 0.133. The summed E-state index contributed by atoms with van der Waals surface area (Å²) in [5.74, 6) is -1.04. The van der Waals surface area contributed by atoms with Gasteiger partial charge in [0, 0.05) is 0 Å². The molecule has 2 N–H and O–H groups in total. The lowest BCUT2D eigenvalue weighted by Gasteiger charge is -2.05. The van der Waals surface area contributed by atoms with Gasteiger partial charge in [-0.3, -0.25) is 4.57 Å². The van der Waals surface area contributed by atoms with Gasteiger partial charge in [0.2, 0.25) is 0 Å². The first-order valence-electron chi connectivity index (χ1n) is 6.04. The van der Waals surface area contributed by atoms with Gasteiger partial charge < -0.3 is 10.1 Å². The fraction of sp³-hybridized carbons (Fsp3) is 0.143. The van der Waals surface area contributed by atoms with Crippen molar-refractivity contribution in [2.24, 2.45) is 0 Å². The number of aryl methyl sites for hydroxylation is 1. The van der Waals surface area contributed by atoms with Crippen LogP contribution in [0.4, 0.5) is 0 Å². The maximum absolute atomic E-state index is 12.1. The van der Waals surface area contributed by atoms with Crippen molar-refractivity contribution in [3.8, 4) is 0 Å². The fourth-order valence-electron chi connectivity index (χ4n) is 2.26. The molecule has 0 saturated carbocycles. The zero-order valence-corrected chi connectivity index (χ0v) is 11.5. The lowest BCUT2D eigenvalue weighted by atomic mass is 10.1. The predicted molar refractivity (Wildman–Crippen MR) is 77.7 cm³/mol. The number of rotatable bonds is 3. The number of hydrogen-bond donors (Lipinski definition) is 2. The van der Waals surface area contributed by atoms with E-state index in [4.69, 9.17) is 0 Å². The number of H-pyrrole nitrogens is 1. The molecule has 3 rings (SSSR count). The molecule has 6 heteroatoms. The van der Waals surface area contributed by atoms with Gasteiger partial charge in [-0.1, -0.05) is 6.07 Å². The van der Waals surface area contributed by atoms with Gasteiger partial charge in [-0.15, -0.1) is 0 Å². The molecule has 0 atom stereocenters. The molecule has 0 radical (unpaired) electrons. The van der Waals surface area contributed by atoms with Crippen molar-refractivity contribution >= 4 is 28.3 Å². The van der Waals surface area contributed by atoms with E-state index in [1.54, 1.807) is 23.5 Å². The summed E-state index contributed by atoms with van der Waals surface area (Å²) in [7, 11) is 0. The SMILES string of the molecule is Cc1cscc1Cn1c(=O)[nH]c2cccc(C(=O)O)c21. The maximum Gasteiger partial charge on any atom is 0.337 e. The molecule has 0 unspecified atom stereocenters. The van der Waals surface area contributed by atoms with Crippen molar-refractivity contribution in [1.82, 2.24) is 9.55 Å². The van der Waals surface area contributed by atoms with Gasteiger partial charge in [0.15, 0.2) is 0 Å². The number of fused-ring (bicyclic) bond motifs is 1. The third-order valence-corrected chi connectivity index (χ3v) is 4.22. The highest BCUT2D eigenvalue weighted by Crippen LogP contribution is 2.20. The van der Waals surface area contributed by atoms with Crippen molar-refractivity contribution in [2.75, 3.05) is 0 Å². The van der Waals surface area contributed by atoms with Crippen LogP contribution >= 0.6 is 11.3 Å². The van der Waals surface area contributed by atoms with Crippen LogP contribution < -0.4 is 5.69 Å². The molecule has 0 spiro atoms. The first-order valence-corrected chi connectivity index (χ1v) is 6.98. The zero-order chi connectivity index (χ0) is 14.3. The summed E-state index contributed by atoms with van der Waals surface area (Å²) in [6.07, 6.45) is 0. The van der Waals surface area contributed by atoms with Crippen LogP contribution in [0.2, 0.25) is 0 Å². The summed E-state index contributed by atoms with van der Waals surface area (Å²) < 4.78 is 1.48. The molecule has 0 amide bonds. The molecule has 20 heavy (non-hydrogen) atoms. The summed E-state index contributed by atoms with van der Waals surface area (Å²) in [6, 6.07) is 4.84. The second-order valence-corrected chi connectivity index (χ2v) is 5.35. The molecule has 0 saturated heterocycles. The van der Waals surface area contributed by atoms with Crippen LogP contribution in [0.1, 0.15) is 21.5 Å². The van der Waals surface area contributed by atoms with Gasteiger partial charge in [0.05, 0.1) is 23.1 Å². The van der Waals surface area contributed by atoms with E-state index >= 15 is 0 Å². The van der Waals surface area contributed by atoms with Crippen molar-refractivity contribution in [1.29, 1.82) is 0 Å². The van der Waals surface area contributed by atoms with E-state index in [2.05, 4.69) is 4.98 Å². The average Bonchev–Trinajstić information content (AvgIpc) is 2.94. The molecule has 1 aromatic carbocycles. The van der Waals surface area contributed by atoms with Gasteiger partial charge in [0.1, 0.15) is 0 Å². The van der Waals surface area contributed by atoms with Crippen molar-refractivity contribution in [3.05, 3.63) is 56.1 Å². The Morgan fingerprint density at radius 1 is 1.40 bits per heavy atom. The number of nitrogens with one attached hydrogen (secondary N) is 1. The Hall–Kier alpha value is -2.34. The monoisotopic (exact) mass is 288 g/mol. The third-order valence-electron chi connectivity index (χ3n) is 3.31. The second-order valence-electron chi connectivity index (χ2n) is 4.60. The van der Waals surface area contributed by atoms with E-state index in [9.17, 15) is 14.7 Å². The van der Waals surface area contributed by atoms with E-state index in [-0.39, 0.29) is 11.3 Å². The van der Waals surface area contributed by atoms with Crippen LogP contribution in [0.3, 0.4) is 0 Å². The third kappa shape index (κ3) is 1.94. The van der Waals surface area contributed by atoms with Crippen LogP contribution in [0.15, 0.2) is 33.8 Å². The lowest BCUT2D eigenvalue weighted by Crippen LogP contribution is -2.18. The number of imidazole rings is 1. The number of carboxylic acid groups (broad SMARTS) is 1. The van der Waals surface area contributed by atoms with Crippen LogP contribution in [0, 0.1) is 6.92 Å². The Balaban J connectivity index is 2.24. The number of carboxylic acids is 1. The number of thiophene rings is 1. The van der Waals surface area contributed by atoms with Crippen LogP contribution in [-0.4, -0.2) is 20.6 Å². The van der Waals surface area contributed by atoms with E-state index in [0.29, 0.717) is 17.6 Å². The molecule has 3 aromatic rings. The minimum atomic E-state index is -1.04. The Labute approximate surface area is 118 Å². The standard InChI is InChI=1S/C14H12N2O3S/c1-8-6-20-7-9(8)5-16-12-10(13(17)18)3-2-4-11(12)15-14(16)19/h2-4,6-7H,5H2,1H3,(H,15,19)(H,17,18). The Bertz CT molecular complexity index is 857. The topological polar surface area (TPSA) is 75.1 Å². The average molecular weight is 288 g/mol. The van der Waals surface area contributed by atoms with Crippen molar-refractivity contribution in [2.45, 2.75) is 13.5 Å². The summed E-state index contributed by atoms with van der Waals surface area (Å²) in [5.41, 5.74) is 2.95. The smallest absolute Gasteiger partial charge is 0.337 e. The minimum Gasteiger partial charge on any atom is -0.478 e. The molecular weight excluding hydrogens is 276 g/mol. The summed E-state index contributed by atoms with van der Waals surface area (Å²) >= 11 is 1.57. The summed E-state index contributed by atoms with van der Waals surface area (Å²) in [5, 5.41) is 13.3. The van der Waals surface area contributed by atoms with Crippen LogP contribution in [-0.2, 0) is 6.54 Å². The molecule has 102 valence electrons.